The number of aromatic nitrogens is 2. The van der Waals surface area contributed by atoms with E-state index in [-0.39, 0.29) is 5.82 Å². The SMILES string of the molecule is COc1cccc(F)c1-c1nc2ccc(CN)cc2n1C. The molecule has 2 N–H and O–H groups in total. The normalized spacial score (nSPS) is 11.0. The molecule has 3 rings (SSSR count). The van der Waals surface area contributed by atoms with Gasteiger partial charge in [0.05, 0.1) is 23.7 Å². The number of methoxy groups -OCH3 is 1. The van der Waals surface area contributed by atoms with Gasteiger partial charge in [-0.25, -0.2) is 9.37 Å². The van der Waals surface area contributed by atoms with Crippen LogP contribution in [0.5, 0.6) is 5.75 Å². The lowest BCUT2D eigenvalue weighted by Crippen LogP contribution is -1.99. The first-order valence-corrected chi connectivity index (χ1v) is 6.64. The molecule has 0 fully saturated rings. The average Bonchev–Trinajstić information content (AvgIpc) is 2.83. The summed E-state index contributed by atoms with van der Waals surface area (Å²) in [6.45, 7) is 0.458. The van der Waals surface area contributed by atoms with Crippen LogP contribution in [0.3, 0.4) is 0 Å². The standard InChI is InChI=1S/C16H16FN3O/c1-20-13-8-10(9-18)6-7-12(13)19-16(20)15-11(17)4-3-5-14(15)21-2/h3-8H,9,18H2,1-2H3. The third-order valence-corrected chi connectivity index (χ3v) is 3.60. The van der Waals surface area contributed by atoms with Crippen molar-refractivity contribution in [2.75, 3.05) is 7.11 Å². The van der Waals surface area contributed by atoms with Crippen molar-refractivity contribution in [2.24, 2.45) is 12.8 Å². The van der Waals surface area contributed by atoms with E-state index in [1.54, 1.807) is 12.1 Å². The molecule has 21 heavy (non-hydrogen) atoms. The Bertz CT molecular complexity index is 811. The summed E-state index contributed by atoms with van der Waals surface area (Å²) in [4.78, 5) is 4.53. The highest BCUT2D eigenvalue weighted by molar-refractivity contribution is 5.82. The average molecular weight is 285 g/mol. The second kappa shape index (κ2) is 5.18. The molecule has 5 heteroatoms. The van der Waals surface area contributed by atoms with Gasteiger partial charge in [0.25, 0.3) is 0 Å². The van der Waals surface area contributed by atoms with Gasteiger partial charge in [-0.1, -0.05) is 12.1 Å². The molecule has 0 bridgehead atoms. The summed E-state index contributed by atoms with van der Waals surface area (Å²) in [5.41, 5.74) is 8.77. The fourth-order valence-electron chi connectivity index (χ4n) is 2.48. The number of fused-ring (bicyclic) bond motifs is 1. The molecule has 0 saturated carbocycles. The first-order chi connectivity index (χ1) is 10.2. The van der Waals surface area contributed by atoms with E-state index in [9.17, 15) is 4.39 Å². The second-order valence-electron chi connectivity index (χ2n) is 4.84. The zero-order valence-electron chi connectivity index (χ0n) is 11.9. The highest BCUT2D eigenvalue weighted by Gasteiger charge is 2.18. The van der Waals surface area contributed by atoms with Gasteiger partial charge in [-0.05, 0) is 29.8 Å². The van der Waals surface area contributed by atoms with E-state index < -0.39 is 0 Å². The van der Waals surface area contributed by atoms with Crippen molar-refractivity contribution in [1.82, 2.24) is 9.55 Å². The topological polar surface area (TPSA) is 53.1 Å². The van der Waals surface area contributed by atoms with Crippen LogP contribution < -0.4 is 10.5 Å². The second-order valence-corrected chi connectivity index (χ2v) is 4.84. The minimum absolute atomic E-state index is 0.355. The monoisotopic (exact) mass is 285 g/mol. The minimum Gasteiger partial charge on any atom is -0.496 e. The summed E-state index contributed by atoms with van der Waals surface area (Å²) in [6, 6.07) is 10.5. The van der Waals surface area contributed by atoms with Gasteiger partial charge < -0.3 is 15.0 Å². The first-order valence-electron chi connectivity index (χ1n) is 6.64. The number of halogens is 1. The van der Waals surface area contributed by atoms with Crippen LogP contribution >= 0.6 is 0 Å². The third-order valence-electron chi connectivity index (χ3n) is 3.60. The number of rotatable bonds is 3. The van der Waals surface area contributed by atoms with E-state index in [2.05, 4.69) is 4.98 Å². The number of imidazole rings is 1. The highest BCUT2D eigenvalue weighted by Crippen LogP contribution is 2.33. The van der Waals surface area contributed by atoms with E-state index in [0.717, 1.165) is 16.6 Å². The summed E-state index contributed by atoms with van der Waals surface area (Å²) in [6.07, 6.45) is 0. The van der Waals surface area contributed by atoms with Gasteiger partial charge in [-0.15, -0.1) is 0 Å². The van der Waals surface area contributed by atoms with Crippen molar-refractivity contribution >= 4 is 11.0 Å². The Morgan fingerprint density at radius 3 is 2.81 bits per heavy atom. The summed E-state index contributed by atoms with van der Waals surface area (Å²) in [5, 5.41) is 0. The molecule has 0 aliphatic rings. The maximum atomic E-state index is 14.2. The van der Waals surface area contributed by atoms with Crippen LogP contribution in [0.2, 0.25) is 0 Å². The Hall–Kier alpha value is -2.40. The molecule has 1 heterocycles. The summed E-state index contributed by atoms with van der Waals surface area (Å²) >= 11 is 0. The molecule has 0 unspecified atom stereocenters. The molecule has 0 aliphatic heterocycles. The number of hydrogen-bond donors (Lipinski definition) is 1. The Kier molecular flexibility index (Phi) is 3.35. The number of nitrogens with zero attached hydrogens (tertiary/aromatic N) is 2. The lowest BCUT2D eigenvalue weighted by Gasteiger charge is -2.09. The molecule has 0 aliphatic carbocycles. The Balaban J connectivity index is 2.29. The van der Waals surface area contributed by atoms with Crippen molar-refractivity contribution in [3.8, 4) is 17.1 Å². The maximum Gasteiger partial charge on any atom is 0.147 e. The number of aryl methyl sites for hydroxylation is 1. The smallest absolute Gasteiger partial charge is 0.147 e. The number of nitrogens with two attached hydrogens (primary N) is 1. The Morgan fingerprint density at radius 2 is 2.10 bits per heavy atom. The minimum atomic E-state index is -0.355. The molecule has 0 saturated heterocycles. The van der Waals surface area contributed by atoms with Gasteiger partial charge in [0, 0.05) is 13.6 Å². The molecule has 3 aromatic rings. The van der Waals surface area contributed by atoms with E-state index in [0.29, 0.717) is 23.7 Å². The van der Waals surface area contributed by atoms with Crippen LogP contribution in [-0.2, 0) is 13.6 Å². The van der Waals surface area contributed by atoms with Crippen LogP contribution in [0, 0.1) is 5.82 Å². The van der Waals surface area contributed by atoms with Gasteiger partial charge in [0.15, 0.2) is 0 Å². The quantitative estimate of drug-likeness (QED) is 0.805. The highest BCUT2D eigenvalue weighted by atomic mass is 19.1. The van der Waals surface area contributed by atoms with Gasteiger partial charge in [0.1, 0.15) is 17.4 Å². The van der Waals surface area contributed by atoms with Gasteiger partial charge in [-0.2, -0.15) is 0 Å². The zero-order valence-corrected chi connectivity index (χ0v) is 11.9. The van der Waals surface area contributed by atoms with E-state index in [1.165, 1.54) is 13.2 Å². The molecular formula is C16H16FN3O. The first kappa shape index (κ1) is 13.6. The molecule has 0 radical (unpaired) electrons. The third kappa shape index (κ3) is 2.15. The predicted octanol–water partition coefficient (Wildman–Crippen LogP) is 2.85. The maximum absolute atomic E-state index is 14.2. The molecule has 4 nitrogen and oxygen atoms in total. The molecule has 108 valence electrons. The van der Waals surface area contributed by atoms with Gasteiger partial charge in [0.2, 0.25) is 0 Å². The van der Waals surface area contributed by atoms with Crippen LogP contribution in [-0.4, -0.2) is 16.7 Å². The van der Waals surface area contributed by atoms with Crippen molar-refractivity contribution in [1.29, 1.82) is 0 Å². The lowest BCUT2D eigenvalue weighted by molar-refractivity contribution is 0.413. The zero-order chi connectivity index (χ0) is 15.0. The summed E-state index contributed by atoms with van der Waals surface area (Å²) in [5.74, 6) is 0.647. The molecular weight excluding hydrogens is 269 g/mol. The van der Waals surface area contributed by atoms with Gasteiger partial charge >= 0.3 is 0 Å². The Morgan fingerprint density at radius 1 is 1.29 bits per heavy atom. The number of hydrogen-bond acceptors (Lipinski definition) is 3. The van der Waals surface area contributed by atoms with Crippen molar-refractivity contribution in [3.63, 3.8) is 0 Å². The van der Waals surface area contributed by atoms with E-state index in [4.69, 9.17) is 10.5 Å². The van der Waals surface area contributed by atoms with E-state index >= 15 is 0 Å². The summed E-state index contributed by atoms with van der Waals surface area (Å²) < 4.78 is 21.3. The van der Waals surface area contributed by atoms with Crippen LogP contribution in [0.15, 0.2) is 36.4 Å². The molecule has 0 atom stereocenters. The predicted molar refractivity (Wildman–Crippen MR) is 80.6 cm³/mol. The molecule has 0 amide bonds. The fourth-order valence-corrected chi connectivity index (χ4v) is 2.48. The van der Waals surface area contributed by atoms with Crippen LogP contribution in [0.25, 0.3) is 22.4 Å². The fraction of sp³-hybridized carbons (Fsp3) is 0.188. The Labute approximate surface area is 122 Å². The van der Waals surface area contributed by atoms with Crippen molar-refractivity contribution < 1.29 is 9.13 Å². The van der Waals surface area contributed by atoms with Crippen LogP contribution in [0.4, 0.5) is 4.39 Å². The van der Waals surface area contributed by atoms with E-state index in [1.807, 2.05) is 29.8 Å². The molecule has 0 spiro atoms. The molecule has 2 aromatic carbocycles. The lowest BCUT2D eigenvalue weighted by atomic mass is 10.1. The summed E-state index contributed by atoms with van der Waals surface area (Å²) in [7, 11) is 3.38. The van der Waals surface area contributed by atoms with Crippen molar-refractivity contribution in [3.05, 3.63) is 47.8 Å². The van der Waals surface area contributed by atoms with Crippen molar-refractivity contribution in [2.45, 2.75) is 6.54 Å². The molecule has 1 aromatic heterocycles. The largest absolute Gasteiger partial charge is 0.496 e. The number of benzene rings is 2. The van der Waals surface area contributed by atoms with Gasteiger partial charge in [-0.3, -0.25) is 0 Å². The van der Waals surface area contributed by atoms with Crippen LogP contribution in [0.1, 0.15) is 5.56 Å². The number of ether oxygens (including phenoxy) is 1.